The molecule has 1 amide bonds. The number of carbonyl (C=O) groups is 1. The van der Waals surface area contributed by atoms with E-state index in [1.165, 1.54) is 6.20 Å². The predicted octanol–water partition coefficient (Wildman–Crippen LogP) is 1.45. The number of nitrogens with two attached hydrogens (primary N) is 1. The fourth-order valence-corrected chi connectivity index (χ4v) is 4.03. The van der Waals surface area contributed by atoms with Crippen LogP contribution in [0, 0.1) is 11.3 Å². The van der Waals surface area contributed by atoms with Crippen molar-refractivity contribution in [1.82, 2.24) is 19.9 Å². The number of nitrogen functional groups attached to an aromatic ring is 1. The molecular weight excluding hydrogens is 316 g/mol. The Morgan fingerprint density at radius 3 is 2.92 bits per heavy atom. The fourth-order valence-electron chi connectivity index (χ4n) is 4.03. The molecule has 0 saturated carbocycles. The molecule has 1 atom stereocenters. The van der Waals surface area contributed by atoms with Crippen molar-refractivity contribution in [2.45, 2.75) is 31.1 Å². The number of aryl methyl sites for hydroxylation is 1. The van der Waals surface area contributed by atoms with Crippen LogP contribution in [0.3, 0.4) is 0 Å². The second-order valence-corrected chi connectivity index (χ2v) is 6.76. The van der Waals surface area contributed by atoms with E-state index in [4.69, 9.17) is 11.0 Å². The summed E-state index contributed by atoms with van der Waals surface area (Å²) in [4.78, 5) is 27.3. The molecule has 7 heteroatoms. The predicted molar refractivity (Wildman–Crippen MR) is 90.5 cm³/mol. The van der Waals surface area contributed by atoms with Gasteiger partial charge in [0.15, 0.2) is 0 Å². The van der Waals surface area contributed by atoms with Crippen LogP contribution >= 0.6 is 0 Å². The summed E-state index contributed by atoms with van der Waals surface area (Å²) in [6.45, 7) is 1.35. The van der Waals surface area contributed by atoms with Gasteiger partial charge in [0, 0.05) is 30.9 Å². The van der Waals surface area contributed by atoms with Crippen molar-refractivity contribution >= 4 is 11.9 Å². The van der Waals surface area contributed by atoms with Gasteiger partial charge in [0.2, 0.25) is 5.95 Å². The standard InChI is InChI=1S/C18H18N6O/c19-8-14-3-2-13(10-21-14)16(25)24-7-1-5-18(11-24)6-4-12-9-22-17(20)23-15(12)18/h2-3,9-10H,1,4-7,11H2,(H2,20,22,23). The number of nitrogens with zero attached hydrogens (tertiary/aromatic N) is 5. The Labute approximate surface area is 145 Å². The minimum atomic E-state index is -0.125. The van der Waals surface area contributed by atoms with E-state index in [0.717, 1.165) is 43.5 Å². The third-order valence-corrected chi connectivity index (χ3v) is 5.25. The van der Waals surface area contributed by atoms with Gasteiger partial charge in [0.25, 0.3) is 5.91 Å². The first-order valence-electron chi connectivity index (χ1n) is 8.39. The molecule has 0 radical (unpaired) electrons. The quantitative estimate of drug-likeness (QED) is 0.845. The molecule has 0 bridgehead atoms. The number of fused-ring (bicyclic) bond motifs is 2. The Balaban J connectivity index is 1.61. The van der Waals surface area contributed by atoms with Crippen molar-refractivity contribution in [3.05, 3.63) is 47.0 Å². The summed E-state index contributed by atoms with van der Waals surface area (Å²) in [6, 6.07) is 5.21. The SMILES string of the molecule is N#Cc1ccc(C(=O)N2CCCC3(CCc4cnc(N)nc43)C2)cn1. The van der Waals surface area contributed by atoms with Crippen LogP contribution in [0.25, 0.3) is 0 Å². The molecule has 7 nitrogen and oxygen atoms in total. The molecule has 25 heavy (non-hydrogen) atoms. The van der Waals surface area contributed by atoms with Crippen LogP contribution in [0.4, 0.5) is 5.95 Å². The minimum Gasteiger partial charge on any atom is -0.368 e. The molecule has 1 aliphatic carbocycles. The van der Waals surface area contributed by atoms with Crippen LogP contribution in [-0.2, 0) is 11.8 Å². The van der Waals surface area contributed by atoms with E-state index in [9.17, 15) is 4.79 Å². The van der Waals surface area contributed by atoms with Gasteiger partial charge < -0.3 is 10.6 Å². The lowest BCUT2D eigenvalue weighted by atomic mass is 9.77. The van der Waals surface area contributed by atoms with Crippen molar-refractivity contribution < 1.29 is 4.79 Å². The average Bonchev–Trinajstić information content (AvgIpc) is 2.98. The lowest BCUT2D eigenvalue weighted by Crippen LogP contribution is -2.48. The molecule has 4 rings (SSSR count). The summed E-state index contributed by atoms with van der Waals surface area (Å²) in [6.07, 6.45) is 7.12. The van der Waals surface area contributed by atoms with Crippen LogP contribution in [0.1, 0.15) is 46.6 Å². The first-order valence-corrected chi connectivity index (χ1v) is 8.39. The number of anilines is 1. The molecule has 1 aliphatic heterocycles. The van der Waals surface area contributed by atoms with Crippen LogP contribution < -0.4 is 5.73 Å². The highest BCUT2D eigenvalue weighted by molar-refractivity contribution is 5.94. The number of carbonyl (C=O) groups excluding carboxylic acids is 1. The third-order valence-electron chi connectivity index (χ3n) is 5.25. The maximum Gasteiger partial charge on any atom is 0.255 e. The highest BCUT2D eigenvalue weighted by atomic mass is 16.2. The van der Waals surface area contributed by atoms with E-state index >= 15 is 0 Å². The lowest BCUT2D eigenvalue weighted by molar-refractivity contribution is 0.0633. The third kappa shape index (κ3) is 2.60. The second kappa shape index (κ2) is 5.81. The van der Waals surface area contributed by atoms with Crippen LogP contribution in [-0.4, -0.2) is 38.8 Å². The summed E-state index contributed by atoms with van der Waals surface area (Å²) < 4.78 is 0. The Bertz CT molecular complexity index is 868. The molecular formula is C18H18N6O. The molecule has 2 aliphatic rings. The van der Waals surface area contributed by atoms with Gasteiger partial charge in [0.05, 0.1) is 11.3 Å². The molecule has 2 aromatic heterocycles. The Morgan fingerprint density at radius 1 is 1.28 bits per heavy atom. The summed E-state index contributed by atoms with van der Waals surface area (Å²) >= 11 is 0. The number of pyridine rings is 1. The van der Waals surface area contributed by atoms with Gasteiger partial charge in [-0.05, 0) is 43.4 Å². The first kappa shape index (κ1) is 15.5. The highest BCUT2D eigenvalue weighted by Gasteiger charge is 2.44. The molecule has 126 valence electrons. The molecule has 1 spiro atoms. The minimum absolute atomic E-state index is 0.0495. The van der Waals surface area contributed by atoms with Crippen molar-refractivity contribution in [2.24, 2.45) is 0 Å². The number of aromatic nitrogens is 3. The van der Waals surface area contributed by atoms with E-state index < -0.39 is 0 Å². The number of hydrogen-bond donors (Lipinski definition) is 1. The molecule has 1 saturated heterocycles. The van der Waals surface area contributed by atoms with Gasteiger partial charge >= 0.3 is 0 Å². The van der Waals surface area contributed by atoms with E-state index in [-0.39, 0.29) is 11.3 Å². The average molecular weight is 334 g/mol. The number of piperidine rings is 1. The Kier molecular flexibility index (Phi) is 3.61. The molecule has 0 aromatic carbocycles. The number of hydrogen-bond acceptors (Lipinski definition) is 6. The van der Waals surface area contributed by atoms with Crippen LogP contribution in [0.5, 0.6) is 0 Å². The summed E-state index contributed by atoms with van der Waals surface area (Å²) in [5.41, 5.74) is 8.64. The van der Waals surface area contributed by atoms with Crippen LogP contribution in [0.2, 0.25) is 0 Å². The second-order valence-electron chi connectivity index (χ2n) is 6.76. The Hall–Kier alpha value is -3.01. The first-order chi connectivity index (χ1) is 12.1. The van der Waals surface area contributed by atoms with E-state index in [2.05, 4.69) is 15.0 Å². The number of likely N-dealkylation sites (tertiary alicyclic amines) is 1. The van der Waals surface area contributed by atoms with Gasteiger partial charge in [-0.25, -0.2) is 15.0 Å². The smallest absolute Gasteiger partial charge is 0.255 e. The van der Waals surface area contributed by atoms with Gasteiger partial charge in [-0.15, -0.1) is 0 Å². The fraction of sp³-hybridized carbons (Fsp3) is 0.389. The summed E-state index contributed by atoms with van der Waals surface area (Å²) in [5.74, 6) is 0.242. The topological polar surface area (TPSA) is 109 Å². The summed E-state index contributed by atoms with van der Waals surface area (Å²) in [5, 5.41) is 8.84. The number of nitriles is 1. The molecule has 2 aromatic rings. The Morgan fingerprint density at radius 2 is 2.16 bits per heavy atom. The van der Waals surface area contributed by atoms with Gasteiger partial charge in [0.1, 0.15) is 11.8 Å². The molecule has 1 fully saturated rings. The highest BCUT2D eigenvalue weighted by Crippen LogP contribution is 2.44. The maximum absolute atomic E-state index is 12.9. The summed E-state index contributed by atoms with van der Waals surface area (Å²) in [7, 11) is 0. The van der Waals surface area contributed by atoms with Crippen molar-refractivity contribution in [1.29, 1.82) is 5.26 Å². The van der Waals surface area contributed by atoms with Gasteiger partial charge in [-0.1, -0.05) is 0 Å². The van der Waals surface area contributed by atoms with Crippen molar-refractivity contribution in [3.8, 4) is 6.07 Å². The van der Waals surface area contributed by atoms with E-state index in [1.807, 2.05) is 17.2 Å². The number of rotatable bonds is 1. The van der Waals surface area contributed by atoms with Crippen molar-refractivity contribution in [3.63, 3.8) is 0 Å². The number of amides is 1. The van der Waals surface area contributed by atoms with Gasteiger partial charge in [-0.2, -0.15) is 5.26 Å². The van der Waals surface area contributed by atoms with E-state index in [0.29, 0.717) is 23.8 Å². The zero-order chi connectivity index (χ0) is 17.4. The molecule has 2 N–H and O–H groups in total. The normalized spacial score (nSPS) is 21.8. The molecule has 3 heterocycles. The van der Waals surface area contributed by atoms with Crippen molar-refractivity contribution in [2.75, 3.05) is 18.8 Å². The molecule has 1 unspecified atom stereocenters. The van der Waals surface area contributed by atoms with E-state index in [1.54, 1.807) is 12.1 Å². The van der Waals surface area contributed by atoms with Gasteiger partial charge in [-0.3, -0.25) is 4.79 Å². The zero-order valence-electron chi connectivity index (χ0n) is 13.8. The monoisotopic (exact) mass is 334 g/mol. The van der Waals surface area contributed by atoms with Crippen LogP contribution in [0.15, 0.2) is 24.5 Å². The maximum atomic E-state index is 12.9. The largest absolute Gasteiger partial charge is 0.368 e. The lowest BCUT2D eigenvalue weighted by Gasteiger charge is -2.40. The zero-order valence-corrected chi connectivity index (χ0v) is 13.8.